The molecule has 0 aromatic rings. The maximum Gasteiger partial charge on any atom is 0.0460 e. The Morgan fingerprint density at radius 1 is 1.43 bits per heavy atom. The zero-order valence-corrected chi connectivity index (χ0v) is 4.89. The monoisotopic (exact) mass is 97.1 g/mol. The minimum atomic E-state index is 0.748. The van der Waals surface area contributed by atoms with Crippen LogP contribution >= 0.6 is 0 Å². The van der Waals surface area contributed by atoms with Crippen molar-refractivity contribution < 1.29 is 0 Å². The summed E-state index contributed by atoms with van der Waals surface area (Å²) in [5.41, 5.74) is 0. The van der Waals surface area contributed by atoms with Crippen molar-refractivity contribution in [3.8, 4) is 0 Å². The van der Waals surface area contributed by atoms with Crippen molar-refractivity contribution in [3.05, 3.63) is 12.8 Å². The van der Waals surface area contributed by atoms with Crippen molar-refractivity contribution in [3.63, 3.8) is 0 Å². The minimum absolute atomic E-state index is 0.748. The van der Waals surface area contributed by atoms with E-state index in [0.717, 1.165) is 12.1 Å². The van der Waals surface area contributed by atoms with Crippen LogP contribution in [0.25, 0.3) is 0 Å². The summed E-state index contributed by atoms with van der Waals surface area (Å²) >= 11 is 0. The van der Waals surface area contributed by atoms with Crippen LogP contribution in [0.3, 0.4) is 0 Å². The van der Waals surface area contributed by atoms with E-state index in [4.69, 9.17) is 0 Å². The van der Waals surface area contributed by atoms with E-state index < -0.39 is 0 Å². The summed E-state index contributed by atoms with van der Waals surface area (Å²) in [6, 6.07) is 1.50. The molecule has 1 saturated heterocycles. The second-order valence-electron chi connectivity index (χ2n) is 2.11. The Bertz CT molecular complexity index is 80.2. The molecule has 0 bridgehead atoms. The van der Waals surface area contributed by atoms with Gasteiger partial charge in [0.15, 0.2) is 0 Å². The topological polar surface area (TPSA) is 3.01 Å². The van der Waals surface area contributed by atoms with Crippen molar-refractivity contribution in [2.24, 2.45) is 0 Å². The molecule has 2 unspecified atom stereocenters. The molecule has 0 aromatic heterocycles. The van der Waals surface area contributed by atoms with Crippen LogP contribution in [0.2, 0.25) is 0 Å². The van der Waals surface area contributed by atoms with Gasteiger partial charge in [0.05, 0.1) is 0 Å². The highest BCUT2D eigenvalue weighted by atomic mass is 15.3. The van der Waals surface area contributed by atoms with Gasteiger partial charge < -0.3 is 4.90 Å². The van der Waals surface area contributed by atoms with Crippen molar-refractivity contribution in [1.29, 1.82) is 0 Å². The van der Waals surface area contributed by atoms with Crippen LogP contribution in [0.15, 0.2) is 12.8 Å². The average Bonchev–Trinajstić information content (AvgIpc) is 2.17. The van der Waals surface area contributed by atoms with Crippen molar-refractivity contribution in [2.75, 3.05) is 0 Å². The predicted octanol–water partition coefficient (Wildman–Crippen LogP) is 1.22. The van der Waals surface area contributed by atoms with E-state index in [2.05, 4.69) is 25.3 Å². The fraction of sp³-hybridized carbons (Fsp3) is 0.667. The van der Waals surface area contributed by atoms with Gasteiger partial charge in [-0.15, -0.1) is 0 Å². The first kappa shape index (κ1) is 4.69. The third kappa shape index (κ3) is 0.521. The molecule has 1 rings (SSSR count). The fourth-order valence-electron chi connectivity index (χ4n) is 0.864. The molecule has 0 saturated carbocycles. The summed E-state index contributed by atoms with van der Waals surface area (Å²) in [7, 11) is 0. The van der Waals surface area contributed by atoms with Crippen LogP contribution in [0.4, 0.5) is 0 Å². The zero-order valence-electron chi connectivity index (χ0n) is 4.89. The smallest absolute Gasteiger partial charge is 0.0460 e. The highest BCUT2D eigenvalue weighted by molar-refractivity contribution is 5.00. The molecule has 1 aliphatic rings. The van der Waals surface area contributed by atoms with Crippen LogP contribution in [0.1, 0.15) is 13.8 Å². The SMILES string of the molecule is C=CN1C(C)C1C. The molecule has 40 valence electrons. The molecular weight excluding hydrogens is 86.1 g/mol. The molecular formula is C6H11N. The third-order valence-electron chi connectivity index (χ3n) is 1.76. The van der Waals surface area contributed by atoms with E-state index >= 15 is 0 Å². The van der Waals surface area contributed by atoms with E-state index in [1.54, 1.807) is 0 Å². The summed E-state index contributed by atoms with van der Waals surface area (Å²) < 4.78 is 0. The van der Waals surface area contributed by atoms with E-state index in [1.165, 1.54) is 0 Å². The second-order valence-corrected chi connectivity index (χ2v) is 2.11. The molecule has 0 aromatic carbocycles. The summed E-state index contributed by atoms with van der Waals surface area (Å²) in [6.07, 6.45) is 1.90. The Labute approximate surface area is 44.6 Å². The minimum Gasteiger partial charge on any atom is -0.369 e. The first-order valence-electron chi connectivity index (χ1n) is 2.67. The van der Waals surface area contributed by atoms with Gasteiger partial charge in [-0.05, 0) is 20.0 Å². The molecule has 2 atom stereocenters. The molecule has 0 spiro atoms. The molecule has 0 aliphatic carbocycles. The molecule has 1 aliphatic heterocycles. The van der Waals surface area contributed by atoms with Crippen LogP contribution in [0.5, 0.6) is 0 Å². The number of hydrogen-bond donors (Lipinski definition) is 0. The van der Waals surface area contributed by atoms with Gasteiger partial charge in [0, 0.05) is 12.1 Å². The fourth-order valence-corrected chi connectivity index (χ4v) is 0.864. The Balaban J connectivity index is 2.37. The molecule has 0 amide bonds. The van der Waals surface area contributed by atoms with Gasteiger partial charge in [-0.3, -0.25) is 0 Å². The molecule has 1 heteroatoms. The van der Waals surface area contributed by atoms with Crippen molar-refractivity contribution in [1.82, 2.24) is 4.90 Å². The van der Waals surface area contributed by atoms with E-state index in [0.29, 0.717) is 0 Å². The second kappa shape index (κ2) is 1.25. The third-order valence-corrected chi connectivity index (χ3v) is 1.76. The Morgan fingerprint density at radius 2 is 1.86 bits per heavy atom. The Kier molecular flexibility index (Phi) is 0.841. The van der Waals surface area contributed by atoms with Crippen LogP contribution in [-0.4, -0.2) is 17.0 Å². The highest BCUT2D eigenvalue weighted by Gasteiger charge is 2.35. The molecule has 1 nitrogen and oxygen atoms in total. The first-order valence-corrected chi connectivity index (χ1v) is 2.67. The number of rotatable bonds is 1. The van der Waals surface area contributed by atoms with Gasteiger partial charge >= 0.3 is 0 Å². The van der Waals surface area contributed by atoms with Crippen LogP contribution in [-0.2, 0) is 0 Å². The molecule has 7 heavy (non-hydrogen) atoms. The Morgan fingerprint density at radius 3 is 1.86 bits per heavy atom. The highest BCUT2D eigenvalue weighted by Crippen LogP contribution is 2.26. The van der Waals surface area contributed by atoms with Gasteiger partial charge in [-0.25, -0.2) is 0 Å². The van der Waals surface area contributed by atoms with Gasteiger partial charge in [0.2, 0.25) is 0 Å². The predicted molar refractivity (Wildman–Crippen MR) is 31.0 cm³/mol. The molecule has 1 fully saturated rings. The first-order chi connectivity index (χ1) is 3.27. The average molecular weight is 97.2 g/mol. The van der Waals surface area contributed by atoms with E-state index in [1.807, 2.05) is 6.20 Å². The number of nitrogens with zero attached hydrogens (tertiary/aromatic N) is 1. The summed E-state index contributed by atoms with van der Waals surface area (Å²) in [4.78, 5) is 2.22. The van der Waals surface area contributed by atoms with Gasteiger partial charge in [0.1, 0.15) is 0 Å². The summed E-state index contributed by atoms with van der Waals surface area (Å²) in [5.74, 6) is 0. The standard InChI is InChI=1S/C6H11N/c1-4-7-5(2)6(7)3/h4-6H,1H2,2-3H3. The molecule has 1 heterocycles. The Hall–Kier alpha value is -0.460. The van der Waals surface area contributed by atoms with Crippen LogP contribution in [0, 0.1) is 0 Å². The largest absolute Gasteiger partial charge is 0.369 e. The van der Waals surface area contributed by atoms with Gasteiger partial charge in [-0.2, -0.15) is 0 Å². The lowest BCUT2D eigenvalue weighted by atomic mass is 10.4. The number of hydrogen-bond acceptors (Lipinski definition) is 1. The van der Waals surface area contributed by atoms with Crippen molar-refractivity contribution in [2.45, 2.75) is 25.9 Å². The van der Waals surface area contributed by atoms with E-state index in [-0.39, 0.29) is 0 Å². The van der Waals surface area contributed by atoms with Crippen LogP contribution < -0.4 is 0 Å². The van der Waals surface area contributed by atoms with E-state index in [9.17, 15) is 0 Å². The van der Waals surface area contributed by atoms with Crippen molar-refractivity contribution >= 4 is 0 Å². The molecule has 0 N–H and O–H groups in total. The zero-order chi connectivity index (χ0) is 5.44. The van der Waals surface area contributed by atoms with Gasteiger partial charge in [0.25, 0.3) is 0 Å². The lowest BCUT2D eigenvalue weighted by Crippen LogP contribution is -1.83. The summed E-state index contributed by atoms with van der Waals surface area (Å²) in [5, 5.41) is 0. The quantitative estimate of drug-likeness (QED) is 0.445. The van der Waals surface area contributed by atoms with Gasteiger partial charge in [-0.1, -0.05) is 6.58 Å². The normalized spacial score (nSPS) is 38.3. The molecule has 0 radical (unpaired) electrons. The maximum atomic E-state index is 3.65. The lowest BCUT2D eigenvalue weighted by molar-refractivity contribution is 0.670. The lowest BCUT2D eigenvalue weighted by Gasteiger charge is -1.86. The summed E-state index contributed by atoms with van der Waals surface area (Å²) in [6.45, 7) is 8.05. The maximum absolute atomic E-state index is 3.65.